The molecule has 12 heavy (non-hydrogen) atoms. The highest BCUT2D eigenvalue weighted by Crippen LogP contribution is 2.27. The summed E-state index contributed by atoms with van der Waals surface area (Å²) >= 11 is 0. The zero-order valence-electron chi connectivity index (χ0n) is 6.44. The van der Waals surface area contributed by atoms with Gasteiger partial charge >= 0.3 is 6.18 Å². The zero-order chi connectivity index (χ0) is 9.35. The van der Waals surface area contributed by atoms with Crippen LogP contribution < -0.4 is 0 Å². The van der Waals surface area contributed by atoms with Gasteiger partial charge < -0.3 is 5.11 Å². The van der Waals surface area contributed by atoms with Gasteiger partial charge in [-0.2, -0.15) is 13.2 Å². The van der Waals surface area contributed by atoms with Gasteiger partial charge in [-0.15, -0.1) is 0 Å². The molecule has 1 N–H and O–H groups in total. The fraction of sp³-hybridized carbons (Fsp3) is 0.571. The number of rotatable bonds is 1. The normalized spacial score (nSPS) is 18.6. The van der Waals surface area contributed by atoms with Crippen molar-refractivity contribution in [3.63, 3.8) is 0 Å². The SMILES string of the molecule is CC1=C(CO)CN=C1C(F)(F)F. The highest BCUT2D eigenvalue weighted by atomic mass is 19.4. The maximum absolute atomic E-state index is 12.1. The molecule has 0 amide bonds. The van der Waals surface area contributed by atoms with E-state index in [0.29, 0.717) is 5.57 Å². The summed E-state index contributed by atoms with van der Waals surface area (Å²) in [6, 6.07) is 0. The van der Waals surface area contributed by atoms with Crippen molar-refractivity contribution in [1.82, 2.24) is 0 Å². The standard InChI is InChI=1S/C7H8F3NO/c1-4-5(3-12)2-11-6(4)7(8,9)10/h12H,2-3H2,1H3. The van der Waals surface area contributed by atoms with Crippen LogP contribution in [0.4, 0.5) is 13.2 Å². The van der Waals surface area contributed by atoms with E-state index in [-0.39, 0.29) is 18.7 Å². The van der Waals surface area contributed by atoms with E-state index in [1.165, 1.54) is 6.92 Å². The maximum Gasteiger partial charge on any atom is 0.433 e. The molecule has 0 atom stereocenters. The second-order valence-electron chi connectivity index (χ2n) is 2.55. The number of aliphatic hydroxyl groups is 1. The minimum Gasteiger partial charge on any atom is -0.392 e. The lowest BCUT2D eigenvalue weighted by molar-refractivity contribution is -0.0581. The molecule has 1 heterocycles. The molecule has 0 fully saturated rings. The van der Waals surface area contributed by atoms with Crippen molar-refractivity contribution < 1.29 is 18.3 Å². The van der Waals surface area contributed by atoms with E-state index < -0.39 is 11.9 Å². The lowest BCUT2D eigenvalue weighted by atomic mass is 10.1. The van der Waals surface area contributed by atoms with Crippen LogP contribution in [0.2, 0.25) is 0 Å². The molecule has 0 saturated carbocycles. The summed E-state index contributed by atoms with van der Waals surface area (Å²) in [6.07, 6.45) is -4.39. The van der Waals surface area contributed by atoms with Gasteiger partial charge in [0.2, 0.25) is 0 Å². The van der Waals surface area contributed by atoms with Gasteiger partial charge in [-0.3, -0.25) is 4.99 Å². The third-order valence-corrected chi connectivity index (χ3v) is 1.77. The number of hydrogen-bond donors (Lipinski definition) is 1. The van der Waals surface area contributed by atoms with Crippen LogP contribution in [-0.4, -0.2) is 30.1 Å². The molecule has 1 aliphatic rings. The summed E-state index contributed by atoms with van der Waals surface area (Å²) in [4.78, 5) is 3.30. The van der Waals surface area contributed by atoms with Crippen LogP contribution in [0.25, 0.3) is 0 Å². The minimum absolute atomic E-state index is 0.0306. The highest BCUT2D eigenvalue weighted by molar-refractivity contribution is 6.06. The van der Waals surface area contributed by atoms with Crippen molar-refractivity contribution in [3.05, 3.63) is 11.1 Å². The lowest BCUT2D eigenvalue weighted by Crippen LogP contribution is -2.22. The Hall–Kier alpha value is -0.840. The monoisotopic (exact) mass is 179 g/mol. The van der Waals surface area contributed by atoms with Gasteiger partial charge in [-0.05, 0) is 18.1 Å². The summed E-state index contributed by atoms with van der Waals surface area (Å²) < 4.78 is 36.2. The summed E-state index contributed by atoms with van der Waals surface area (Å²) in [5, 5.41) is 8.62. The van der Waals surface area contributed by atoms with Crippen molar-refractivity contribution >= 4 is 5.71 Å². The predicted molar refractivity (Wildman–Crippen MR) is 38.1 cm³/mol. The third-order valence-electron chi connectivity index (χ3n) is 1.77. The fourth-order valence-corrected chi connectivity index (χ4v) is 1.05. The van der Waals surface area contributed by atoms with Gasteiger partial charge in [0.05, 0.1) is 13.2 Å². The van der Waals surface area contributed by atoms with Crippen molar-refractivity contribution in [2.45, 2.75) is 13.1 Å². The van der Waals surface area contributed by atoms with Gasteiger partial charge in [0.25, 0.3) is 0 Å². The molecule has 0 aromatic carbocycles. The predicted octanol–water partition coefficient (Wildman–Crippen LogP) is 1.31. The van der Waals surface area contributed by atoms with Gasteiger partial charge in [0, 0.05) is 0 Å². The Morgan fingerprint density at radius 3 is 2.33 bits per heavy atom. The molecule has 1 aliphatic heterocycles. The number of alkyl halides is 3. The quantitative estimate of drug-likeness (QED) is 0.646. The van der Waals surface area contributed by atoms with E-state index in [1.807, 2.05) is 0 Å². The molecular formula is C7H8F3NO. The first-order valence-corrected chi connectivity index (χ1v) is 3.38. The number of nitrogens with zero attached hydrogens (tertiary/aromatic N) is 1. The Morgan fingerprint density at radius 2 is 2.08 bits per heavy atom. The molecule has 0 spiro atoms. The number of aliphatic hydroxyl groups excluding tert-OH is 1. The number of allylic oxidation sites excluding steroid dienone is 1. The van der Waals surface area contributed by atoms with E-state index in [2.05, 4.69) is 4.99 Å². The Balaban J connectivity index is 2.92. The molecule has 2 nitrogen and oxygen atoms in total. The summed E-state index contributed by atoms with van der Waals surface area (Å²) in [7, 11) is 0. The van der Waals surface area contributed by atoms with Gasteiger partial charge in [-0.1, -0.05) is 0 Å². The first-order chi connectivity index (χ1) is 5.46. The van der Waals surface area contributed by atoms with E-state index in [4.69, 9.17) is 5.11 Å². The molecular weight excluding hydrogens is 171 g/mol. The Kier molecular flexibility index (Phi) is 2.23. The van der Waals surface area contributed by atoms with Crippen LogP contribution in [0, 0.1) is 0 Å². The summed E-state index contributed by atoms with van der Waals surface area (Å²) in [5.41, 5.74) is -0.445. The molecule has 68 valence electrons. The second kappa shape index (κ2) is 2.90. The van der Waals surface area contributed by atoms with Crippen LogP contribution in [0.5, 0.6) is 0 Å². The molecule has 0 aromatic heterocycles. The summed E-state index contributed by atoms with van der Waals surface area (Å²) in [6.45, 7) is 0.941. The van der Waals surface area contributed by atoms with E-state index in [0.717, 1.165) is 0 Å². The molecule has 0 radical (unpaired) electrons. The highest BCUT2D eigenvalue weighted by Gasteiger charge is 2.39. The first kappa shape index (κ1) is 9.25. The fourth-order valence-electron chi connectivity index (χ4n) is 1.05. The molecule has 0 aromatic rings. The summed E-state index contributed by atoms with van der Waals surface area (Å²) in [5.74, 6) is 0. The first-order valence-electron chi connectivity index (χ1n) is 3.38. The average molecular weight is 179 g/mol. The smallest absolute Gasteiger partial charge is 0.392 e. The third kappa shape index (κ3) is 1.50. The molecule has 0 aliphatic carbocycles. The molecule has 0 unspecified atom stereocenters. The Morgan fingerprint density at radius 1 is 1.50 bits per heavy atom. The topological polar surface area (TPSA) is 32.6 Å². The Labute approximate surface area is 67.4 Å². The lowest BCUT2D eigenvalue weighted by Gasteiger charge is -2.06. The second-order valence-corrected chi connectivity index (χ2v) is 2.55. The van der Waals surface area contributed by atoms with Gasteiger partial charge in [-0.25, -0.2) is 0 Å². The number of halogens is 3. The van der Waals surface area contributed by atoms with Crippen LogP contribution in [-0.2, 0) is 0 Å². The van der Waals surface area contributed by atoms with Crippen molar-refractivity contribution in [2.24, 2.45) is 4.99 Å². The minimum atomic E-state index is -4.39. The van der Waals surface area contributed by atoms with E-state index in [1.54, 1.807) is 0 Å². The maximum atomic E-state index is 12.1. The van der Waals surface area contributed by atoms with Crippen molar-refractivity contribution in [2.75, 3.05) is 13.2 Å². The van der Waals surface area contributed by atoms with Crippen molar-refractivity contribution in [1.29, 1.82) is 0 Å². The van der Waals surface area contributed by atoms with Gasteiger partial charge in [0.15, 0.2) is 0 Å². The number of aliphatic imine (C=N–C) groups is 1. The largest absolute Gasteiger partial charge is 0.433 e. The van der Waals surface area contributed by atoms with E-state index >= 15 is 0 Å². The van der Waals surface area contributed by atoms with E-state index in [9.17, 15) is 13.2 Å². The Bertz CT molecular complexity index is 252. The van der Waals surface area contributed by atoms with Crippen LogP contribution >= 0.6 is 0 Å². The molecule has 1 rings (SSSR count). The average Bonchev–Trinajstić information content (AvgIpc) is 2.29. The van der Waals surface area contributed by atoms with Crippen LogP contribution in [0.15, 0.2) is 16.1 Å². The van der Waals surface area contributed by atoms with Crippen molar-refractivity contribution in [3.8, 4) is 0 Å². The molecule has 5 heteroatoms. The number of hydrogen-bond acceptors (Lipinski definition) is 2. The molecule has 0 bridgehead atoms. The zero-order valence-corrected chi connectivity index (χ0v) is 6.44. The van der Waals surface area contributed by atoms with Crippen LogP contribution in [0.1, 0.15) is 6.92 Å². The van der Waals surface area contributed by atoms with Crippen LogP contribution in [0.3, 0.4) is 0 Å². The molecule has 0 saturated heterocycles. The van der Waals surface area contributed by atoms with Gasteiger partial charge in [0.1, 0.15) is 5.71 Å².